The van der Waals surface area contributed by atoms with Crippen molar-refractivity contribution in [3.63, 3.8) is 0 Å². The third-order valence-electron chi connectivity index (χ3n) is 3.81. The van der Waals surface area contributed by atoms with Gasteiger partial charge in [0.15, 0.2) is 0 Å². The average molecular weight is 258 g/mol. The van der Waals surface area contributed by atoms with Crippen LogP contribution in [0.15, 0.2) is 0 Å². The molecule has 1 fully saturated rings. The van der Waals surface area contributed by atoms with E-state index in [-0.39, 0.29) is 6.61 Å². The van der Waals surface area contributed by atoms with E-state index < -0.39 is 23.1 Å². The van der Waals surface area contributed by atoms with Crippen molar-refractivity contribution in [1.29, 1.82) is 0 Å². The summed E-state index contributed by atoms with van der Waals surface area (Å²) in [5.41, 5.74) is -1.86. The first-order valence-corrected chi connectivity index (χ1v) is 6.15. The first kappa shape index (κ1) is 14.8. The quantitative estimate of drug-likeness (QED) is 0.695. The van der Waals surface area contributed by atoms with Crippen molar-refractivity contribution in [3.8, 4) is 0 Å². The van der Waals surface area contributed by atoms with Crippen LogP contribution in [0.1, 0.15) is 39.5 Å². The molecule has 1 aliphatic carbocycles. The maximum atomic E-state index is 12.1. The number of nitrogens with one attached hydrogen (secondary N) is 1. The van der Waals surface area contributed by atoms with Crippen LogP contribution in [0.5, 0.6) is 0 Å². The lowest BCUT2D eigenvalue weighted by Crippen LogP contribution is -2.59. The van der Waals surface area contributed by atoms with Crippen LogP contribution in [0.3, 0.4) is 0 Å². The zero-order valence-corrected chi connectivity index (χ0v) is 11.2. The summed E-state index contributed by atoms with van der Waals surface area (Å²) in [6.07, 6.45) is 2.53. The van der Waals surface area contributed by atoms with Gasteiger partial charge in [-0.15, -0.1) is 0 Å². The van der Waals surface area contributed by atoms with Crippen LogP contribution in [-0.4, -0.2) is 51.8 Å². The maximum absolute atomic E-state index is 12.1. The Hall–Kier alpha value is -1.30. The van der Waals surface area contributed by atoms with Crippen molar-refractivity contribution >= 4 is 12.0 Å². The number of rotatable bonds is 4. The minimum absolute atomic E-state index is 0.184. The molecule has 6 nitrogen and oxygen atoms in total. The monoisotopic (exact) mass is 258 g/mol. The smallest absolute Gasteiger partial charge is 0.329 e. The van der Waals surface area contributed by atoms with Crippen molar-refractivity contribution in [2.75, 3.05) is 13.7 Å². The predicted octanol–water partition coefficient (Wildman–Crippen LogP) is 0.796. The van der Waals surface area contributed by atoms with Crippen LogP contribution in [0.2, 0.25) is 0 Å². The van der Waals surface area contributed by atoms with Gasteiger partial charge < -0.3 is 20.4 Å². The molecule has 2 amide bonds. The second-order valence-corrected chi connectivity index (χ2v) is 5.55. The number of carbonyl (C=O) groups excluding carboxylic acids is 1. The summed E-state index contributed by atoms with van der Waals surface area (Å²) in [7, 11) is 1.55. The lowest BCUT2D eigenvalue weighted by atomic mass is 9.98. The molecule has 0 heterocycles. The van der Waals surface area contributed by atoms with Crippen LogP contribution in [0.4, 0.5) is 4.79 Å². The third-order valence-corrected chi connectivity index (χ3v) is 3.81. The molecule has 1 aliphatic rings. The summed E-state index contributed by atoms with van der Waals surface area (Å²) in [5, 5.41) is 21.1. The number of hydrogen-bond acceptors (Lipinski definition) is 3. The van der Waals surface area contributed by atoms with E-state index in [9.17, 15) is 19.8 Å². The summed E-state index contributed by atoms with van der Waals surface area (Å²) in [4.78, 5) is 24.7. The Bertz CT molecular complexity index is 335. The molecule has 3 N–H and O–H groups in total. The zero-order chi connectivity index (χ0) is 14.0. The first-order chi connectivity index (χ1) is 8.25. The minimum atomic E-state index is -1.14. The summed E-state index contributed by atoms with van der Waals surface area (Å²) < 4.78 is 0. The topological polar surface area (TPSA) is 89.9 Å². The Balaban J connectivity index is 2.77. The fourth-order valence-electron chi connectivity index (χ4n) is 2.04. The number of aliphatic hydroxyl groups is 1. The number of aliphatic carboxylic acids is 1. The molecule has 0 aromatic carbocycles. The molecule has 0 aromatic rings. The molecule has 1 rings (SSSR count). The highest BCUT2D eigenvalue weighted by Crippen LogP contribution is 2.30. The standard InChI is InChI=1S/C12H22N2O4/c1-11(2,8-15)14(3)10(18)13-12(9(16)17)6-4-5-7-12/h15H,4-8H2,1-3H3,(H,13,18)(H,16,17). The van der Waals surface area contributed by atoms with E-state index in [1.54, 1.807) is 20.9 Å². The number of urea groups is 1. The Kier molecular flexibility index (Phi) is 4.21. The summed E-state index contributed by atoms with van der Waals surface area (Å²) >= 11 is 0. The van der Waals surface area contributed by atoms with Crippen molar-refractivity contribution in [1.82, 2.24) is 10.2 Å². The van der Waals surface area contributed by atoms with E-state index in [1.807, 2.05) is 0 Å². The van der Waals surface area contributed by atoms with Gasteiger partial charge in [0.25, 0.3) is 0 Å². The highest BCUT2D eigenvalue weighted by atomic mass is 16.4. The first-order valence-electron chi connectivity index (χ1n) is 6.15. The number of aliphatic hydroxyl groups excluding tert-OH is 1. The normalized spacial score (nSPS) is 18.4. The highest BCUT2D eigenvalue weighted by molar-refractivity contribution is 5.86. The predicted molar refractivity (Wildman–Crippen MR) is 66.3 cm³/mol. The van der Waals surface area contributed by atoms with E-state index in [0.29, 0.717) is 12.8 Å². The number of hydrogen-bond donors (Lipinski definition) is 3. The molecule has 0 radical (unpaired) electrons. The fraction of sp³-hybridized carbons (Fsp3) is 0.833. The molecular formula is C12H22N2O4. The molecule has 1 saturated carbocycles. The van der Waals surface area contributed by atoms with Crippen LogP contribution in [-0.2, 0) is 4.79 Å². The van der Waals surface area contributed by atoms with E-state index in [2.05, 4.69) is 5.32 Å². The van der Waals surface area contributed by atoms with Gasteiger partial charge in [-0.25, -0.2) is 9.59 Å². The maximum Gasteiger partial charge on any atom is 0.329 e. The highest BCUT2D eigenvalue weighted by Gasteiger charge is 2.44. The van der Waals surface area contributed by atoms with Gasteiger partial charge in [-0.1, -0.05) is 12.8 Å². The summed E-state index contributed by atoms with van der Waals surface area (Å²) in [6.45, 7) is 3.25. The number of carboxylic acid groups (broad SMARTS) is 1. The molecule has 0 bridgehead atoms. The molecule has 0 spiro atoms. The second-order valence-electron chi connectivity index (χ2n) is 5.55. The van der Waals surface area contributed by atoms with Crippen LogP contribution < -0.4 is 5.32 Å². The Morgan fingerprint density at radius 1 is 1.33 bits per heavy atom. The number of amides is 2. The molecule has 0 aromatic heterocycles. The zero-order valence-electron chi connectivity index (χ0n) is 11.2. The van der Waals surface area contributed by atoms with Gasteiger partial charge in [-0.3, -0.25) is 0 Å². The number of likely N-dealkylation sites (N-methyl/N-ethyl adjacent to an activating group) is 1. The molecule has 0 aliphatic heterocycles. The van der Waals surface area contributed by atoms with Gasteiger partial charge in [0.05, 0.1) is 12.1 Å². The van der Waals surface area contributed by atoms with Gasteiger partial charge in [0.2, 0.25) is 0 Å². The largest absolute Gasteiger partial charge is 0.480 e. The molecule has 0 atom stereocenters. The van der Waals surface area contributed by atoms with E-state index in [1.165, 1.54) is 4.90 Å². The van der Waals surface area contributed by atoms with Gasteiger partial charge in [0.1, 0.15) is 5.54 Å². The van der Waals surface area contributed by atoms with Gasteiger partial charge in [0, 0.05) is 7.05 Å². The number of carboxylic acids is 1. The van der Waals surface area contributed by atoms with Crippen molar-refractivity contribution < 1.29 is 19.8 Å². The molecule has 6 heteroatoms. The average Bonchev–Trinajstić information content (AvgIpc) is 2.77. The molecule has 0 unspecified atom stereocenters. The van der Waals surface area contributed by atoms with Gasteiger partial charge in [-0.2, -0.15) is 0 Å². The molecule has 104 valence electrons. The van der Waals surface area contributed by atoms with Gasteiger partial charge in [-0.05, 0) is 26.7 Å². The third kappa shape index (κ3) is 2.75. The Labute approximate surface area is 107 Å². The van der Waals surface area contributed by atoms with Crippen LogP contribution in [0.25, 0.3) is 0 Å². The summed E-state index contributed by atoms with van der Waals surface area (Å²) in [6, 6.07) is -0.460. The van der Waals surface area contributed by atoms with E-state index >= 15 is 0 Å². The molecule has 18 heavy (non-hydrogen) atoms. The van der Waals surface area contributed by atoms with Crippen molar-refractivity contribution in [2.45, 2.75) is 50.6 Å². The van der Waals surface area contributed by atoms with Crippen LogP contribution >= 0.6 is 0 Å². The second kappa shape index (κ2) is 5.14. The van der Waals surface area contributed by atoms with Crippen molar-refractivity contribution in [3.05, 3.63) is 0 Å². The van der Waals surface area contributed by atoms with E-state index in [4.69, 9.17) is 0 Å². The van der Waals surface area contributed by atoms with Crippen molar-refractivity contribution in [2.24, 2.45) is 0 Å². The molecular weight excluding hydrogens is 236 g/mol. The Morgan fingerprint density at radius 3 is 2.22 bits per heavy atom. The Morgan fingerprint density at radius 2 is 1.83 bits per heavy atom. The lowest BCUT2D eigenvalue weighted by Gasteiger charge is -2.36. The van der Waals surface area contributed by atoms with E-state index in [0.717, 1.165) is 12.8 Å². The van der Waals surface area contributed by atoms with Gasteiger partial charge >= 0.3 is 12.0 Å². The molecule has 0 saturated heterocycles. The lowest BCUT2D eigenvalue weighted by molar-refractivity contribution is -0.144. The SMILES string of the molecule is CN(C(=O)NC1(C(=O)O)CCCC1)C(C)(C)CO. The number of carbonyl (C=O) groups is 2. The summed E-state index contributed by atoms with van der Waals surface area (Å²) in [5.74, 6) is -0.983. The fourth-order valence-corrected chi connectivity index (χ4v) is 2.04. The van der Waals surface area contributed by atoms with Crippen LogP contribution in [0, 0.1) is 0 Å². The number of nitrogens with zero attached hydrogens (tertiary/aromatic N) is 1. The minimum Gasteiger partial charge on any atom is -0.480 e.